The predicted molar refractivity (Wildman–Crippen MR) is 97.8 cm³/mol. The van der Waals surface area contributed by atoms with Gasteiger partial charge in [-0.15, -0.1) is 0 Å². The van der Waals surface area contributed by atoms with Gasteiger partial charge in [0.1, 0.15) is 6.61 Å². The van der Waals surface area contributed by atoms with E-state index in [9.17, 15) is 19.7 Å². The smallest absolute Gasteiger partial charge is 0.283 e. The van der Waals surface area contributed by atoms with Gasteiger partial charge in [0.15, 0.2) is 11.5 Å². The van der Waals surface area contributed by atoms with Crippen LogP contribution in [0.5, 0.6) is 11.5 Å². The molecule has 2 aromatic carbocycles. The molecule has 1 aliphatic heterocycles. The Morgan fingerprint density at radius 1 is 1.15 bits per heavy atom. The Hall–Kier alpha value is -2.89. The molecule has 134 valence electrons. The predicted octanol–water partition coefficient (Wildman–Crippen LogP) is 1.80. The van der Waals surface area contributed by atoms with E-state index in [1.54, 1.807) is 24.3 Å². The average molecular weight is 469 g/mol. The third-order valence-electron chi connectivity index (χ3n) is 3.51. The third kappa shape index (κ3) is 3.85. The van der Waals surface area contributed by atoms with Crippen molar-refractivity contribution in [2.45, 2.75) is 6.10 Å². The number of nitro benzene ring substituents is 1. The van der Waals surface area contributed by atoms with Crippen LogP contribution in [0.3, 0.4) is 0 Å². The fourth-order valence-corrected chi connectivity index (χ4v) is 2.80. The Labute approximate surface area is 160 Å². The molecular weight excluding hydrogens is 457 g/mol. The van der Waals surface area contributed by atoms with E-state index in [1.807, 2.05) is 22.6 Å². The molecule has 9 nitrogen and oxygen atoms in total. The molecule has 2 N–H and O–H groups in total. The number of hydrogen-bond donors (Lipinski definition) is 2. The first-order valence-corrected chi connectivity index (χ1v) is 8.46. The highest BCUT2D eigenvalue weighted by Crippen LogP contribution is 2.30. The summed E-state index contributed by atoms with van der Waals surface area (Å²) in [6.45, 7) is -0.00688. The number of fused-ring (bicyclic) bond motifs is 1. The number of halogens is 1. The molecule has 1 aliphatic rings. The number of hydrazine groups is 1. The minimum atomic E-state index is -0.936. The maximum absolute atomic E-state index is 12.2. The molecule has 0 radical (unpaired) electrons. The van der Waals surface area contributed by atoms with Gasteiger partial charge in [-0.1, -0.05) is 12.1 Å². The average Bonchev–Trinajstić information content (AvgIpc) is 2.65. The molecule has 0 fully saturated rings. The Bertz CT molecular complexity index is 888. The van der Waals surface area contributed by atoms with Crippen molar-refractivity contribution in [2.24, 2.45) is 0 Å². The lowest BCUT2D eigenvalue weighted by molar-refractivity contribution is -0.384. The van der Waals surface area contributed by atoms with Crippen LogP contribution in [-0.2, 0) is 4.79 Å². The van der Waals surface area contributed by atoms with Crippen LogP contribution in [0, 0.1) is 13.7 Å². The van der Waals surface area contributed by atoms with Crippen LogP contribution in [0.1, 0.15) is 10.4 Å². The number of nitro groups is 1. The quantitative estimate of drug-likeness (QED) is 0.402. The summed E-state index contributed by atoms with van der Waals surface area (Å²) in [4.78, 5) is 34.6. The number of benzene rings is 2. The monoisotopic (exact) mass is 469 g/mol. The van der Waals surface area contributed by atoms with Crippen molar-refractivity contribution in [3.63, 3.8) is 0 Å². The second kappa shape index (κ2) is 7.56. The van der Waals surface area contributed by atoms with Crippen molar-refractivity contribution < 1.29 is 24.0 Å². The first kappa shape index (κ1) is 17.9. The number of ether oxygens (including phenoxy) is 2. The van der Waals surface area contributed by atoms with E-state index in [-0.39, 0.29) is 17.9 Å². The lowest BCUT2D eigenvalue weighted by Gasteiger charge is -2.25. The zero-order valence-corrected chi connectivity index (χ0v) is 15.3. The number of amides is 2. The van der Waals surface area contributed by atoms with E-state index in [2.05, 4.69) is 10.9 Å². The molecule has 10 heteroatoms. The van der Waals surface area contributed by atoms with Crippen molar-refractivity contribution in [2.75, 3.05) is 6.61 Å². The lowest BCUT2D eigenvalue weighted by atomic mass is 10.2. The highest BCUT2D eigenvalue weighted by molar-refractivity contribution is 14.1. The highest BCUT2D eigenvalue weighted by atomic mass is 127. The standard InChI is InChI=1S/C16H12IN3O6/c17-11-6-5-9(20(23)24)7-10(11)15(21)18-19-16(22)14-8-25-12-3-1-2-4-13(12)26-14/h1-7,14H,8H2,(H,18,21)(H,19,22). The van der Waals surface area contributed by atoms with Gasteiger partial charge in [-0.25, -0.2) is 0 Å². The van der Waals surface area contributed by atoms with E-state index in [0.29, 0.717) is 15.1 Å². The number of carbonyl (C=O) groups excluding carboxylic acids is 2. The van der Waals surface area contributed by atoms with Gasteiger partial charge >= 0.3 is 0 Å². The fraction of sp³-hybridized carbons (Fsp3) is 0.125. The Kier molecular flexibility index (Phi) is 5.21. The van der Waals surface area contributed by atoms with Crippen LogP contribution in [0.2, 0.25) is 0 Å². The first-order valence-electron chi connectivity index (χ1n) is 7.38. The Balaban J connectivity index is 1.62. The molecule has 1 atom stereocenters. The topological polar surface area (TPSA) is 120 Å². The van der Waals surface area contributed by atoms with Crippen molar-refractivity contribution in [1.82, 2.24) is 10.9 Å². The SMILES string of the molecule is O=C(NNC(=O)C1COc2ccccc2O1)c1cc([N+](=O)[O-])ccc1I. The van der Waals surface area contributed by atoms with Gasteiger partial charge in [0, 0.05) is 15.7 Å². The molecule has 0 bridgehead atoms. The number of carbonyl (C=O) groups is 2. The molecule has 0 aliphatic carbocycles. The highest BCUT2D eigenvalue weighted by Gasteiger charge is 2.27. The molecular formula is C16H12IN3O6. The first-order chi connectivity index (χ1) is 12.5. The van der Waals surface area contributed by atoms with Gasteiger partial charge in [0.05, 0.1) is 10.5 Å². The summed E-state index contributed by atoms with van der Waals surface area (Å²) >= 11 is 1.88. The molecule has 26 heavy (non-hydrogen) atoms. The number of nitrogens with zero attached hydrogens (tertiary/aromatic N) is 1. The van der Waals surface area contributed by atoms with Crippen molar-refractivity contribution in [1.29, 1.82) is 0 Å². The van der Waals surface area contributed by atoms with Gasteiger partial charge in [-0.2, -0.15) is 0 Å². The second-order valence-electron chi connectivity index (χ2n) is 5.23. The number of non-ortho nitro benzene ring substituents is 1. The Morgan fingerprint density at radius 3 is 2.62 bits per heavy atom. The van der Waals surface area contributed by atoms with Gasteiger partial charge in [-0.3, -0.25) is 30.6 Å². The number of rotatable bonds is 3. The van der Waals surface area contributed by atoms with Crippen molar-refractivity contribution in [3.05, 3.63) is 61.7 Å². The molecule has 0 aromatic heterocycles. The van der Waals surface area contributed by atoms with Gasteiger partial charge < -0.3 is 9.47 Å². The summed E-state index contributed by atoms with van der Waals surface area (Å²) in [5, 5.41) is 10.8. The summed E-state index contributed by atoms with van der Waals surface area (Å²) in [7, 11) is 0. The fourth-order valence-electron chi connectivity index (χ4n) is 2.22. The van der Waals surface area contributed by atoms with Gasteiger partial charge in [0.25, 0.3) is 17.5 Å². The van der Waals surface area contributed by atoms with E-state index in [1.165, 1.54) is 12.1 Å². The second-order valence-corrected chi connectivity index (χ2v) is 6.39. The molecule has 3 rings (SSSR count). The zero-order valence-electron chi connectivity index (χ0n) is 13.1. The largest absolute Gasteiger partial charge is 0.485 e. The summed E-state index contributed by atoms with van der Waals surface area (Å²) in [6.07, 6.45) is -0.936. The maximum atomic E-state index is 12.2. The Morgan fingerprint density at radius 2 is 1.88 bits per heavy atom. The van der Waals surface area contributed by atoms with E-state index >= 15 is 0 Å². The molecule has 0 saturated heterocycles. The molecule has 1 heterocycles. The van der Waals surface area contributed by atoms with Crippen molar-refractivity contribution in [3.8, 4) is 11.5 Å². The van der Waals surface area contributed by atoms with Crippen LogP contribution < -0.4 is 20.3 Å². The summed E-state index contributed by atoms with van der Waals surface area (Å²) < 4.78 is 11.5. The molecule has 0 spiro atoms. The lowest BCUT2D eigenvalue weighted by Crippen LogP contribution is -2.51. The number of para-hydroxylation sites is 2. The van der Waals surface area contributed by atoms with Crippen LogP contribution in [-0.4, -0.2) is 29.4 Å². The van der Waals surface area contributed by atoms with Crippen LogP contribution in [0.15, 0.2) is 42.5 Å². The van der Waals surface area contributed by atoms with E-state index < -0.39 is 22.8 Å². The molecule has 2 aromatic rings. The zero-order chi connectivity index (χ0) is 18.7. The van der Waals surface area contributed by atoms with E-state index in [0.717, 1.165) is 6.07 Å². The van der Waals surface area contributed by atoms with Crippen LogP contribution >= 0.6 is 22.6 Å². The maximum Gasteiger partial charge on any atom is 0.283 e. The number of hydrogen-bond acceptors (Lipinski definition) is 6. The minimum Gasteiger partial charge on any atom is -0.485 e. The normalized spacial score (nSPS) is 15.0. The van der Waals surface area contributed by atoms with Gasteiger partial charge in [-0.05, 0) is 40.8 Å². The summed E-state index contributed by atoms with van der Waals surface area (Å²) in [6, 6.07) is 10.8. The van der Waals surface area contributed by atoms with Crippen LogP contribution in [0.25, 0.3) is 0 Å². The molecule has 1 unspecified atom stereocenters. The number of nitrogens with one attached hydrogen (secondary N) is 2. The van der Waals surface area contributed by atoms with E-state index in [4.69, 9.17) is 9.47 Å². The molecule has 0 saturated carbocycles. The summed E-state index contributed by atoms with van der Waals surface area (Å²) in [5.74, 6) is -0.318. The molecule has 2 amide bonds. The third-order valence-corrected chi connectivity index (χ3v) is 4.45. The summed E-state index contributed by atoms with van der Waals surface area (Å²) in [5.41, 5.74) is 4.32. The van der Waals surface area contributed by atoms with Gasteiger partial charge in [0.2, 0.25) is 6.10 Å². The van der Waals surface area contributed by atoms with Crippen molar-refractivity contribution >= 4 is 40.1 Å². The minimum absolute atomic E-state index is 0.00688. The van der Waals surface area contributed by atoms with Crippen LogP contribution in [0.4, 0.5) is 5.69 Å².